The molecule has 0 bridgehead atoms. The van der Waals surface area contributed by atoms with E-state index in [1.54, 1.807) is 25.1 Å². The molecular weight excluding hydrogens is 1050 g/mol. The molecule has 0 spiro atoms. The normalized spacial score (nSPS) is 16.8. The number of benzene rings is 3. The van der Waals surface area contributed by atoms with Crippen molar-refractivity contribution in [2.24, 2.45) is 10.8 Å². The second kappa shape index (κ2) is 39.5. The first-order valence-corrected chi connectivity index (χ1v) is 32.2. The van der Waals surface area contributed by atoms with Crippen LogP contribution in [0.2, 0.25) is 0 Å². The summed E-state index contributed by atoms with van der Waals surface area (Å²) < 4.78 is 38.7. The minimum absolute atomic E-state index is 0.0197. The Kier molecular flexibility index (Phi) is 36.2. The third kappa shape index (κ3) is 27.9. The summed E-state index contributed by atoms with van der Waals surface area (Å²) in [7, 11) is 0. The van der Waals surface area contributed by atoms with Gasteiger partial charge in [-0.15, -0.1) is 0 Å². The zero-order valence-corrected chi connectivity index (χ0v) is 56.1. The molecule has 0 heterocycles. The van der Waals surface area contributed by atoms with E-state index in [0.717, 1.165) is 101 Å². The zero-order chi connectivity index (χ0) is 63.6. The van der Waals surface area contributed by atoms with Gasteiger partial charge in [-0.3, -0.25) is 9.59 Å². The van der Waals surface area contributed by atoms with Crippen LogP contribution in [0.25, 0.3) is 6.08 Å². The van der Waals surface area contributed by atoms with Crippen LogP contribution >= 0.6 is 0 Å². The van der Waals surface area contributed by atoms with E-state index in [1.165, 1.54) is 49.7 Å². The van der Waals surface area contributed by atoms with Crippen LogP contribution in [0, 0.1) is 10.8 Å². The second-order valence-corrected chi connectivity index (χ2v) is 24.5. The Balaban J connectivity index is 0.000000506. The molecule has 0 saturated heterocycles. The number of hydrogen-bond acceptors (Lipinski definition) is 11. The van der Waals surface area contributed by atoms with Crippen LogP contribution < -0.4 is 9.47 Å². The molecule has 11 nitrogen and oxygen atoms in total. The van der Waals surface area contributed by atoms with Gasteiger partial charge in [0.1, 0.15) is 34.1 Å². The SMILES string of the molecule is C=C(C)C(=O)OC1(CC)CCCC1.C=Cc1ccc(OC(C)OCC)cc1.CCC(C)c1ccc(O)cc1.CCC1(OC(=O)C(C)(C)CC)CCCC1.CCC1(OC(=O)C(C)(C)CC)CCCC1.CCOC(C)Oc1ccc(C(C)CC)cc1. The lowest BCUT2D eigenvalue weighted by Crippen LogP contribution is -2.37. The zero-order valence-electron chi connectivity index (χ0n) is 56.1. The molecule has 84 heavy (non-hydrogen) atoms. The molecule has 0 aromatic heterocycles. The summed E-state index contributed by atoms with van der Waals surface area (Å²) in [5, 5.41) is 9.01. The fraction of sp³-hybridized carbons (Fsp3) is 0.658. The molecule has 6 rings (SSSR count). The molecule has 3 aromatic rings. The summed E-state index contributed by atoms with van der Waals surface area (Å²) in [6.45, 7) is 45.0. The van der Waals surface area contributed by atoms with E-state index in [-0.39, 0.29) is 58.1 Å². The molecule has 0 aliphatic heterocycles. The number of ether oxygens (including phenoxy) is 7. The van der Waals surface area contributed by atoms with Gasteiger partial charge in [-0.1, -0.05) is 118 Å². The molecule has 11 heteroatoms. The number of carbonyl (C=O) groups is 3. The van der Waals surface area contributed by atoms with Crippen LogP contribution in [0.4, 0.5) is 0 Å². The average Bonchev–Trinajstić information content (AvgIpc) is 4.47. The first-order chi connectivity index (χ1) is 39.7. The predicted molar refractivity (Wildman–Crippen MR) is 348 cm³/mol. The number of phenols is 1. The monoisotopic (exact) mass is 1170 g/mol. The van der Waals surface area contributed by atoms with Gasteiger partial charge in [0.2, 0.25) is 0 Å². The molecule has 3 saturated carbocycles. The van der Waals surface area contributed by atoms with Gasteiger partial charge in [0, 0.05) is 18.8 Å². The summed E-state index contributed by atoms with van der Waals surface area (Å²) >= 11 is 0. The number of phenolic OH excluding ortho intramolecular Hbond substituents is 1. The Labute approximate surface area is 511 Å². The van der Waals surface area contributed by atoms with Gasteiger partial charge in [0.15, 0.2) is 12.6 Å². The number of carbonyl (C=O) groups excluding carboxylic acids is 3. The Morgan fingerprint density at radius 1 is 0.524 bits per heavy atom. The smallest absolute Gasteiger partial charge is 0.333 e. The fourth-order valence-corrected chi connectivity index (χ4v) is 9.64. The molecule has 4 unspecified atom stereocenters. The fourth-order valence-electron chi connectivity index (χ4n) is 9.64. The van der Waals surface area contributed by atoms with E-state index in [9.17, 15) is 14.4 Å². The third-order valence-electron chi connectivity index (χ3n) is 17.3. The van der Waals surface area contributed by atoms with Crippen LogP contribution in [0.3, 0.4) is 0 Å². The molecule has 4 atom stereocenters. The van der Waals surface area contributed by atoms with E-state index in [2.05, 4.69) is 73.8 Å². The highest BCUT2D eigenvalue weighted by Gasteiger charge is 2.41. The Morgan fingerprint density at radius 2 is 0.833 bits per heavy atom. The Hall–Kier alpha value is -5.13. The second-order valence-electron chi connectivity index (χ2n) is 24.5. The van der Waals surface area contributed by atoms with Crippen LogP contribution in [0.1, 0.15) is 275 Å². The minimum atomic E-state index is -0.329. The van der Waals surface area contributed by atoms with E-state index in [1.807, 2.05) is 118 Å². The van der Waals surface area contributed by atoms with E-state index in [0.29, 0.717) is 36.4 Å². The average molecular weight is 1170 g/mol. The van der Waals surface area contributed by atoms with Crippen molar-refractivity contribution >= 4 is 24.0 Å². The van der Waals surface area contributed by atoms with Crippen LogP contribution in [0.15, 0.2) is 91.5 Å². The highest BCUT2D eigenvalue weighted by molar-refractivity contribution is 5.87. The third-order valence-corrected chi connectivity index (χ3v) is 17.3. The molecule has 476 valence electrons. The van der Waals surface area contributed by atoms with E-state index in [4.69, 9.17) is 38.3 Å². The van der Waals surface area contributed by atoms with Crippen molar-refractivity contribution in [1.29, 1.82) is 0 Å². The lowest BCUT2D eigenvalue weighted by Gasteiger charge is -2.32. The first-order valence-electron chi connectivity index (χ1n) is 32.2. The largest absolute Gasteiger partial charge is 0.508 e. The van der Waals surface area contributed by atoms with Crippen LogP contribution in [-0.2, 0) is 38.1 Å². The minimum Gasteiger partial charge on any atom is -0.508 e. The molecule has 3 aliphatic carbocycles. The highest BCUT2D eigenvalue weighted by Crippen LogP contribution is 2.40. The molecule has 0 amide bonds. The van der Waals surface area contributed by atoms with Crippen LogP contribution in [0.5, 0.6) is 17.2 Å². The predicted octanol–water partition coefficient (Wildman–Crippen LogP) is 20.2. The Bertz CT molecular complexity index is 2230. The summed E-state index contributed by atoms with van der Waals surface area (Å²) in [6.07, 6.45) is 21.6. The number of esters is 3. The molecule has 3 fully saturated rings. The van der Waals surface area contributed by atoms with E-state index >= 15 is 0 Å². The molecule has 0 radical (unpaired) electrons. The van der Waals surface area contributed by atoms with Gasteiger partial charge < -0.3 is 38.3 Å². The quantitative estimate of drug-likeness (QED) is 0.0397. The van der Waals surface area contributed by atoms with E-state index < -0.39 is 0 Å². The maximum Gasteiger partial charge on any atom is 0.333 e. The van der Waals surface area contributed by atoms with Crippen molar-refractivity contribution in [1.82, 2.24) is 0 Å². The highest BCUT2D eigenvalue weighted by atomic mass is 16.7. The maximum absolute atomic E-state index is 12.0. The molecule has 1 N–H and O–H groups in total. The van der Waals surface area contributed by atoms with Crippen molar-refractivity contribution in [3.8, 4) is 17.2 Å². The Morgan fingerprint density at radius 3 is 1.11 bits per heavy atom. The van der Waals surface area contributed by atoms with Crippen molar-refractivity contribution in [3.05, 3.63) is 108 Å². The lowest BCUT2D eigenvalue weighted by atomic mass is 9.89. The molecular formula is C73H118O11. The van der Waals surface area contributed by atoms with Gasteiger partial charge in [0.05, 0.1) is 10.8 Å². The van der Waals surface area contributed by atoms with Gasteiger partial charge in [-0.2, -0.15) is 0 Å². The maximum atomic E-state index is 12.0. The molecule has 3 aliphatic rings. The van der Waals surface area contributed by atoms with Gasteiger partial charge in [-0.05, 0) is 249 Å². The standard InChI is InChI=1S/C14H22O2.2C13H24O2.C12H16O2.C11H18O2.C10H14O/c1-5-11(3)13-7-9-14(10-8-13)16-12(4)15-6-2;2*1-5-12(3,4)11(14)15-13(6-2)9-7-8-10-13;1-4-11-6-8-12(9-7-11)14-10(3)13-5-2;1-4-11(7-5-6-8-11)13-10(12)9(2)3;1-3-8(2)9-4-6-10(11)7-5-9/h7-12H,5-6H2,1-4H3;2*5-10H2,1-4H3;4,6-10H,1,5H2,2-3H3;2,4-8H2,1,3H3;4-8,11H,3H2,1-2H3. The van der Waals surface area contributed by atoms with Gasteiger partial charge in [0.25, 0.3) is 0 Å². The summed E-state index contributed by atoms with van der Waals surface area (Å²) in [6, 6.07) is 23.4. The van der Waals surface area contributed by atoms with Gasteiger partial charge >= 0.3 is 17.9 Å². The topological polar surface area (TPSA) is 136 Å². The lowest BCUT2D eigenvalue weighted by molar-refractivity contribution is -0.171. The number of hydrogen-bond donors (Lipinski definition) is 1. The molecule has 3 aromatic carbocycles. The summed E-state index contributed by atoms with van der Waals surface area (Å²) in [5.74, 6) is 2.96. The van der Waals surface area contributed by atoms with Crippen molar-refractivity contribution in [2.75, 3.05) is 13.2 Å². The summed E-state index contributed by atoms with van der Waals surface area (Å²) in [4.78, 5) is 35.3. The summed E-state index contributed by atoms with van der Waals surface area (Å²) in [5.41, 5.74) is 3.14. The van der Waals surface area contributed by atoms with Gasteiger partial charge in [-0.25, -0.2) is 4.79 Å². The first kappa shape index (κ1) is 76.9. The number of rotatable bonds is 24. The van der Waals surface area contributed by atoms with Crippen molar-refractivity contribution in [2.45, 2.75) is 288 Å². The van der Waals surface area contributed by atoms with Crippen molar-refractivity contribution < 1.29 is 52.6 Å². The number of aromatic hydroxyl groups is 1. The van der Waals surface area contributed by atoms with Crippen molar-refractivity contribution in [3.63, 3.8) is 0 Å². The van der Waals surface area contributed by atoms with Crippen LogP contribution in [-0.4, -0.2) is 65.6 Å².